The Morgan fingerprint density at radius 2 is 1.35 bits per heavy atom. The van der Waals surface area contributed by atoms with E-state index in [9.17, 15) is 19.2 Å². The fraction of sp³-hybridized carbons (Fsp3) is 0.677. The molecule has 1 aromatic carbocycles. The van der Waals surface area contributed by atoms with Crippen LogP contribution in [-0.2, 0) is 34.9 Å². The van der Waals surface area contributed by atoms with Crippen LogP contribution >= 0.6 is 0 Å². The van der Waals surface area contributed by atoms with Crippen molar-refractivity contribution in [2.75, 3.05) is 26.9 Å². The molecule has 2 N–H and O–H groups in total. The van der Waals surface area contributed by atoms with E-state index in [-0.39, 0.29) is 60.9 Å². The highest BCUT2D eigenvalue weighted by molar-refractivity contribution is 5.81. The number of rotatable bonds is 13. The van der Waals surface area contributed by atoms with Crippen LogP contribution in [0, 0.1) is 16.7 Å². The summed E-state index contributed by atoms with van der Waals surface area (Å²) in [6, 6.07) is 4.31. The van der Waals surface area contributed by atoms with E-state index in [0.29, 0.717) is 5.56 Å². The summed E-state index contributed by atoms with van der Waals surface area (Å²) in [6.45, 7) is 17.1. The van der Waals surface area contributed by atoms with Crippen LogP contribution < -0.4 is 15.2 Å². The van der Waals surface area contributed by atoms with Gasteiger partial charge in [-0.1, -0.05) is 67.9 Å². The summed E-state index contributed by atoms with van der Waals surface area (Å²) < 4.78 is 36.4. The Bertz CT molecular complexity index is 1090. The summed E-state index contributed by atoms with van der Waals surface area (Å²) in [6.07, 6.45) is -3.09. The van der Waals surface area contributed by atoms with E-state index in [1.54, 1.807) is 6.92 Å². The third-order valence-electron chi connectivity index (χ3n) is 5.88. The van der Waals surface area contributed by atoms with E-state index in [4.69, 9.17) is 38.9 Å². The fourth-order valence-electron chi connectivity index (χ4n) is 3.49. The minimum absolute atomic E-state index is 0.0707. The molecular weight excluding hydrogens is 562 g/mol. The number of ether oxygens (including phenoxy) is 7. The van der Waals surface area contributed by atoms with E-state index in [1.165, 1.54) is 25.3 Å². The minimum atomic E-state index is -1.65. The number of nitrogens with two attached hydrogens (primary N) is 1. The van der Waals surface area contributed by atoms with Crippen LogP contribution in [0.3, 0.4) is 0 Å². The molecule has 0 aliphatic carbocycles. The quantitative estimate of drug-likeness (QED) is 0.153. The molecule has 2 unspecified atom stereocenters. The molecule has 0 bridgehead atoms. The summed E-state index contributed by atoms with van der Waals surface area (Å²) in [4.78, 5) is 49.8. The monoisotopic (exact) mass is 611 g/mol. The van der Waals surface area contributed by atoms with Gasteiger partial charge in [-0.2, -0.15) is 0 Å². The standard InChI is InChI=1S/C31H49NO11/c1-11-20(2)17-38-26(34)41-21(3)15-31(32,25(33)37-10)16-22-12-13-23(42-27(35)39-18-29(4,5)6)24(14-22)43-28(36)40-19-30(7,8)9/h12-14,20-21H,11,15-19,32H2,1-10H3/t20?,21-,31?/m0/s1. The molecule has 1 rings (SSSR count). The van der Waals surface area contributed by atoms with Crippen molar-refractivity contribution in [3.05, 3.63) is 23.8 Å². The third-order valence-corrected chi connectivity index (χ3v) is 5.88. The molecule has 0 amide bonds. The van der Waals surface area contributed by atoms with Gasteiger partial charge in [0.25, 0.3) is 0 Å². The maximum atomic E-state index is 12.8. The number of benzene rings is 1. The topological polar surface area (TPSA) is 159 Å². The molecule has 0 aliphatic heterocycles. The molecule has 1 aromatic rings. The highest BCUT2D eigenvalue weighted by atomic mass is 16.7. The number of hydrogen-bond acceptors (Lipinski definition) is 12. The van der Waals surface area contributed by atoms with Crippen LogP contribution in [0.2, 0.25) is 0 Å². The van der Waals surface area contributed by atoms with E-state index < -0.39 is 36.1 Å². The normalized spacial score (nSPS) is 14.4. The van der Waals surface area contributed by atoms with Crippen molar-refractivity contribution in [3.63, 3.8) is 0 Å². The SMILES string of the molecule is CCC(C)COC(=O)O[C@@H](C)CC(N)(Cc1ccc(OC(=O)OCC(C)(C)C)c(OC(=O)OCC(C)(C)C)c1)C(=O)OC. The summed E-state index contributed by atoms with van der Waals surface area (Å²) in [5.74, 6) is -0.860. The van der Waals surface area contributed by atoms with Gasteiger partial charge in [-0.3, -0.25) is 4.79 Å². The van der Waals surface area contributed by atoms with Crippen molar-refractivity contribution < 1.29 is 52.3 Å². The first-order valence-corrected chi connectivity index (χ1v) is 14.3. The minimum Gasteiger partial charge on any atom is -0.468 e. The largest absolute Gasteiger partial charge is 0.513 e. The second-order valence-electron chi connectivity index (χ2n) is 13.2. The lowest BCUT2D eigenvalue weighted by atomic mass is 9.86. The first kappa shape index (κ1) is 37.5. The number of methoxy groups -OCH3 is 1. The molecule has 0 aromatic heterocycles. The van der Waals surface area contributed by atoms with E-state index in [0.717, 1.165) is 6.42 Å². The Kier molecular flexibility index (Phi) is 14.2. The highest BCUT2D eigenvalue weighted by Gasteiger charge is 2.38. The zero-order valence-electron chi connectivity index (χ0n) is 27.2. The molecule has 0 fully saturated rings. The first-order chi connectivity index (χ1) is 19.8. The molecule has 12 nitrogen and oxygen atoms in total. The van der Waals surface area contributed by atoms with Gasteiger partial charge in [0.15, 0.2) is 11.5 Å². The van der Waals surface area contributed by atoms with Crippen LogP contribution in [0.5, 0.6) is 11.5 Å². The molecule has 0 radical (unpaired) electrons. The Balaban J connectivity index is 3.21. The number of hydrogen-bond donors (Lipinski definition) is 1. The van der Waals surface area contributed by atoms with Crippen molar-refractivity contribution in [2.45, 2.75) is 93.2 Å². The Hall–Kier alpha value is -3.54. The third kappa shape index (κ3) is 15.0. The summed E-state index contributed by atoms with van der Waals surface area (Å²) in [7, 11) is 1.19. The molecule has 12 heteroatoms. The number of carbonyl (C=O) groups excluding carboxylic acids is 4. The van der Waals surface area contributed by atoms with Gasteiger partial charge in [-0.15, -0.1) is 0 Å². The van der Waals surface area contributed by atoms with Gasteiger partial charge in [0.05, 0.1) is 26.9 Å². The molecule has 244 valence electrons. The molecule has 0 saturated carbocycles. The average molecular weight is 612 g/mol. The summed E-state index contributed by atoms with van der Waals surface area (Å²) >= 11 is 0. The van der Waals surface area contributed by atoms with Crippen LogP contribution in [0.4, 0.5) is 14.4 Å². The molecule has 43 heavy (non-hydrogen) atoms. The van der Waals surface area contributed by atoms with Crippen molar-refractivity contribution in [1.82, 2.24) is 0 Å². The second kappa shape index (κ2) is 16.3. The van der Waals surface area contributed by atoms with Gasteiger partial charge in [-0.25, -0.2) is 14.4 Å². The van der Waals surface area contributed by atoms with E-state index in [2.05, 4.69) is 0 Å². The van der Waals surface area contributed by atoms with Gasteiger partial charge >= 0.3 is 24.4 Å². The smallest absolute Gasteiger partial charge is 0.468 e. The van der Waals surface area contributed by atoms with Gasteiger partial charge in [-0.05, 0) is 41.4 Å². The summed E-state index contributed by atoms with van der Waals surface area (Å²) in [5.41, 5.74) is 4.65. The summed E-state index contributed by atoms with van der Waals surface area (Å²) in [5, 5.41) is 0. The fourth-order valence-corrected chi connectivity index (χ4v) is 3.49. The van der Waals surface area contributed by atoms with Crippen molar-refractivity contribution >= 4 is 24.4 Å². The number of esters is 1. The average Bonchev–Trinajstić information content (AvgIpc) is 2.89. The molecule has 3 atom stereocenters. The van der Waals surface area contributed by atoms with Crippen LogP contribution in [0.1, 0.15) is 80.7 Å². The lowest BCUT2D eigenvalue weighted by Crippen LogP contribution is -2.53. The molecule has 0 heterocycles. The molecular formula is C31H49NO11. The molecule has 0 aliphatic rings. The zero-order valence-corrected chi connectivity index (χ0v) is 27.2. The maximum Gasteiger partial charge on any atom is 0.513 e. The molecule has 0 spiro atoms. The first-order valence-electron chi connectivity index (χ1n) is 14.3. The lowest BCUT2D eigenvalue weighted by molar-refractivity contribution is -0.148. The predicted molar refractivity (Wildman–Crippen MR) is 158 cm³/mol. The van der Waals surface area contributed by atoms with Crippen LogP contribution in [0.15, 0.2) is 18.2 Å². The van der Waals surface area contributed by atoms with Crippen molar-refractivity contribution in [1.29, 1.82) is 0 Å². The molecule has 0 saturated heterocycles. The zero-order chi connectivity index (χ0) is 33.0. The van der Waals surface area contributed by atoms with Gasteiger partial charge in [0.2, 0.25) is 0 Å². The van der Waals surface area contributed by atoms with E-state index >= 15 is 0 Å². The van der Waals surface area contributed by atoms with Crippen LogP contribution in [-0.4, -0.2) is 63.0 Å². The second-order valence-corrected chi connectivity index (χ2v) is 13.2. The van der Waals surface area contributed by atoms with Crippen molar-refractivity contribution in [3.8, 4) is 11.5 Å². The number of carbonyl (C=O) groups is 4. The highest BCUT2D eigenvalue weighted by Crippen LogP contribution is 2.32. The van der Waals surface area contributed by atoms with Gasteiger partial charge in [0.1, 0.15) is 11.6 Å². The predicted octanol–water partition coefficient (Wildman–Crippen LogP) is 6.20. The van der Waals surface area contributed by atoms with E-state index in [1.807, 2.05) is 55.4 Å². The maximum absolute atomic E-state index is 12.8. The van der Waals surface area contributed by atoms with Crippen molar-refractivity contribution in [2.24, 2.45) is 22.5 Å². The Morgan fingerprint density at radius 3 is 1.84 bits per heavy atom. The van der Waals surface area contributed by atoms with Gasteiger partial charge in [0, 0.05) is 12.8 Å². The lowest BCUT2D eigenvalue weighted by Gasteiger charge is -2.29. The van der Waals surface area contributed by atoms with Gasteiger partial charge < -0.3 is 38.9 Å². The Morgan fingerprint density at radius 1 is 0.814 bits per heavy atom. The van der Waals surface area contributed by atoms with Crippen LogP contribution in [0.25, 0.3) is 0 Å². The Labute approximate surface area is 254 Å².